The van der Waals surface area contributed by atoms with Crippen molar-refractivity contribution in [3.63, 3.8) is 0 Å². The molecule has 194 valence electrons. The lowest BCUT2D eigenvalue weighted by atomic mass is 9.96. The number of hydrogen-bond acceptors (Lipinski definition) is 9. The second-order valence-corrected chi connectivity index (χ2v) is 8.74. The Hall–Kier alpha value is -4.50. The van der Waals surface area contributed by atoms with Gasteiger partial charge in [0.05, 0.1) is 16.7 Å². The largest absolute Gasteiger partial charge is 0.459 e. The summed E-state index contributed by atoms with van der Waals surface area (Å²) in [5.74, 6) is -1.54. The van der Waals surface area contributed by atoms with E-state index in [2.05, 4.69) is 4.99 Å². The zero-order chi connectivity index (χ0) is 26.5. The number of ether oxygens (including phenoxy) is 5. The number of carbonyl (C=O) groups excluding carboxylic acids is 3. The van der Waals surface area contributed by atoms with Crippen LogP contribution in [0.15, 0.2) is 96.0 Å². The van der Waals surface area contributed by atoms with Crippen molar-refractivity contribution >= 4 is 23.8 Å². The third-order valence-corrected chi connectivity index (χ3v) is 6.13. The first-order chi connectivity index (χ1) is 18.5. The van der Waals surface area contributed by atoms with Gasteiger partial charge in [0.2, 0.25) is 6.29 Å². The summed E-state index contributed by atoms with van der Waals surface area (Å²) in [6.45, 7) is 1.36. The van der Waals surface area contributed by atoms with Crippen LogP contribution in [0, 0.1) is 0 Å². The molecular formula is C29H25NO8. The highest BCUT2D eigenvalue weighted by Crippen LogP contribution is 2.33. The molecular weight excluding hydrogens is 490 g/mol. The minimum Gasteiger partial charge on any atom is -0.459 e. The van der Waals surface area contributed by atoms with Crippen LogP contribution in [0.4, 0.5) is 0 Å². The molecule has 1 fully saturated rings. The molecule has 3 aromatic rings. The summed E-state index contributed by atoms with van der Waals surface area (Å²) >= 11 is 0. The van der Waals surface area contributed by atoms with E-state index in [1.54, 1.807) is 97.9 Å². The van der Waals surface area contributed by atoms with Gasteiger partial charge in [0.15, 0.2) is 24.1 Å². The smallest absolute Gasteiger partial charge is 0.338 e. The van der Waals surface area contributed by atoms with Gasteiger partial charge in [0, 0.05) is 6.92 Å². The van der Waals surface area contributed by atoms with Crippen molar-refractivity contribution in [3.05, 3.63) is 108 Å². The summed E-state index contributed by atoms with van der Waals surface area (Å²) in [7, 11) is 0. The molecule has 0 spiro atoms. The summed E-state index contributed by atoms with van der Waals surface area (Å²) in [6, 6.07) is 24.5. The van der Waals surface area contributed by atoms with E-state index in [0.29, 0.717) is 22.6 Å². The molecule has 5 rings (SSSR count). The van der Waals surface area contributed by atoms with Crippen LogP contribution >= 0.6 is 0 Å². The number of nitrogens with zero attached hydrogens (tertiary/aromatic N) is 1. The summed E-state index contributed by atoms with van der Waals surface area (Å²) in [6.07, 6.45) is -4.16. The predicted molar refractivity (Wildman–Crippen MR) is 135 cm³/mol. The topological polar surface area (TPSA) is 110 Å². The van der Waals surface area contributed by atoms with Crippen LogP contribution in [0.2, 0.25) is 0 Å². The summed E-state index contributed by atoms with van der Waals surface area (Å²) in [4.78, 5) is 43.2. The molecule has 9 nitrogen and oxygen atoms in total. The van der Waals surface area contributed by atoms with E-state index in [4.69, 9.17) is 23.7 Å². The zero-order valence-electron chi connectivity index (χ0n) is 20.5. The maximum Gasteiger partial charge on any atom is 0.338 e. The molecule has 0 radical (unpaired) electrons. The van der Waals surface area contributed by atoms with E-state index < -0.39 is 48.6 Å². The summed E-state index contributed by atoms with van der Waals surface area (Å²) < 4.78 is 29.0. The molecule has 5 atom stereocenters. The Bertz CT molecular complexity index is 1310. The molecule has 0 amide bonds. The fourth-order valence-corrected chi connectivity index (χ4v) is 4.29. The molecule has 9 heteroatoms. The Labute approximate surface area is 218 Å². The number of carbonyl (C=O) groups is 3. The Morgan fingerprint density at radius 2 is 1.18 bits per heavy atom. The van der Waals surface area contributed by atoms with Gasteiger partial charge in [-0.25, -0.2) is 19.4 Å². The van der Waals surface area contributed by atoms with Gasteiger partial charge in [-0.05, 0) is 36.4 Å². The fourth-order valence-electron chi connectivity index (χ4n) is 4.29. The van der Waals surface area contributed by atoms with Gasteiger partial charge in [0.25, 0.3) is 0 Å². The predicted octanol–water partition coefficient (Wildman–Crippen LogP) is 3.84. The molecule has 3 aromatic carbocycles. The Morgan fingerprint density at radius 3 is 1.71 bits per heavy atom. The normalized spacial score (nSPS) is 23.8. The molecule has 2 heterocycles. The maximum absolute atomic E-state index is 13.1. The van der Waals surface area contributed by atoms with Crippen molar-refractivity contribution in [1.82, 2.24) is 0 Å². The Kier molecular flexibility index (Phi) is 7.46. The van der Waals surface area contributed by atoms with E-state index in [1.807, 2.05) is 0 Å². The fraction of sp³-hybridized carbons (Fsp3) is 0.241. The molecule has 1 saturated heterocycles. The average Bonchev–Trinajstić information content (AvgIpc) is 3.34. The van der Waals surface area contributed by atoms with Crippen molar-refractivity contribution in [2.45, 2.75) is 37.6 Å². The highest BCUT2D eigenvalue weighted by atomic mass is 16.7. The number of aliphatic imine (C=N–C) groups is 1. The lowest BCUT2D eigenvalue weighted by molar-refractivity contribution is -0.234. The Morgan fingerprint density at radius 1 is 0.711 bits per heavy atom. The third kappa shape index (κ3) is 5.57. The van der Waals surface area contributed by atoms with Gasteiger partial charge >= 0.3 is 17.9 Å². The number of fused-ring (bicyclic) bond motifs is 1. The minimum absolute atomic E-state index is 0.286. The third-order valence-electron chi connectivity index (χ3n) is 6.13. The van der Waals surface area contributed by atoms with Gasteiger partial charge in [-0.3, -0.25) is 0 Å². The van der Waals surface area contributed by atoms with Crippen molar-refractivity contribution < 1.29 is 38.1 Å². The monoisotopic (exact) mass is 515 g/mol. The lowest BCUT2D eigenvalue weighted by Crippen LogP contribution is -2.60. The van der Waals surface area contributed by atoms with Crippen molar-refractivity contribution in [3.8, 4) is 0 Å². The molecule has 0 aromatic heterocycles. The number of hydrogen-bond donors (Lipinski definition) is 0. The van der Waals surface area contributed by atoms with Crippen LogP contribution in [0.3, 0.4) is 0 Å². The van der Waals surface area contributed by atoms with Crippen molar-refractivity contribution in [2.24, 2.45) is 4.99 Å². The molecule has 2 aliphatic heterocycles. The van der Waals surface area contributed by atoms with E-state index in [9.17, 15) is 14.4 Å². The lowest BCUT2D eigenvalue weighted by Gasteiger charge is -2.41. The average molecular weight is 516 g/mol. The van der Waals surface area contributed by atoms with Crippen molar-refractivity contribution in [2.75, 3.05) is 6.61 Å². The second-order valence-electron chi connectivity index (χ2n) is 8.74. The molecule has 0 aliphatic carbocycles. The molecule has 5 unspecified atom stereocenters. The number of benzene rings is 3. The highest BCUT2D eigenvalue weighted by Gasteiger charge is 2.54. The summed E-state index contributed by atoms with van der Waals surface area (Å²) in [5.41, 5.74) is 0.961. The standard InChI is InChI=1S/C29H25NO8/c1-18-30-23-25(38-28(33)21-15-9-4-10-16-21)24(37-27(32)20-13-7-3-8-14-20)22(36-29(23)35-18)17-34-26(31)19-11-5-2-6-12-19/h2-16,22-25,29H,17H2,1H3. The first kappa shape index (κ1) is 25.2. The zero-order valence-corrected chi connectivity index (χ0v) is 20.5. The molecule has 0 N–H and O–H groups in total. The van der Waals surface area contributed by atoms with Crippen LogP contribution in [0.25, 0.3) is 0 Å². The quantitative estimate of drug-likeness (QED) is 0.345. The highest BCUT2D eigenvalue weighted by molar-refractivity contribution is 5.91. The van der Waals surface area contributed by atoms with E-state index in [1.165, 1.54) is 0 Å². The molecule has 0 bridgehead atoms. The van der Waals surface area contributed by atoms with Crippen LogP contribution < -0.4 is 0 Å². The van der Waals surface area contributed by atoms with Crippen LogP contribution in [0.5, 0.6) is 0 Å². The van der Waals surface area contributed by atoms with E-state index in [0.717, 1.165) is 0 Å². The maximum atomic E-state index is 13.1. The van der Waals surface area contributed by atoms with Gasteiger partial charge in [-0.15, -0.1) is 0 Å². The van der Waals surface area contributed by atoms with Crippen LogP contribution in [-0.2, 0) is 23.7 Å². The molecule has 38 heavy (non-hydrogen) atoms. The van der Waals surface area contributed by atoms with Crippen molar-refractivity contribution in [1.29, 1.82) is 0 Å². The van der Waals surface area contributed by atoms with Crippen LogP contribution in [0.1, 0.15) is 38.0 Å². The summed E-state index contributed by atoms with van der Waals surface area (Å²) in [5, 5.41) is 0. The van der Waals surface area contributed by atoms with Gasteiger partial charge in [-0.2, -0.15) is 0 Å². The SMILES string of the molecule is CC1=NC2C(O1)OC(COC(=O)c1ccccc1)C(OC(=O)c1ccccc1)C2OC(=O)c1ccccc1. The first-order valence-corrected chi connectivity index (χ1v) is 12.1. The van der Waals surface area contributed by atoms with E-state index in [-0.39, 0.29) is 6.61 Å². The number of rotatable bonds is 7. The minimum atomic E-state index is -1.15. The second kappa shape index (κ2) is 11.3. The van der Waals surface area contributed by atoms with Gasteiger partial charge < -0.3 is 23.7 Å². The number of esters is 3. The van der Waals surface area contributed by atoms with Crippen LogP contribution in [-0.4, -0.2) is 61.1 Å². The van der Waals surface area contributed by atoms with E-state index >= 15 is 0 Å². The van der Waals surface area contributed by atoms with Gasteiger partial charge in [-0.1, -0.05) is 54.6 Å². The first-order valence-electron chi connectivity index (χ1n) is 12.1. The Balaban J connectivity index is 1.43. The molecule has 0 saturated carbocycles. The van der Waals surface area contributed by atoms with Gasteiger partial charge in [0.1, 0.15) is 12.7 Å². The molecule has 2 aliphatic rings.